The first-order valence-corrected chi connectivity index (χ1v) is 4.87. The van der Waals surface area contributed by atoms with Gasteiger partial charge in [0, 0.05) is 23.9 Å². The van der Waals surface area contributed by atoms with Crippen LogP contribution in [0, 0.1) is 6.07 Å². The summed E-state index contributed by atoms with van der Waals surface area (Å²) in [5, 5.41) is 7.97. The van der Waals surface area contributed by atoms with E-state index >= 15 is 0 Å². The Labute approximate surface area is 92.1 Å². The normalized spacial score (nSPS) is 10.5. The molecular weight excluding hydrogens is 202 g/mol. The van der Waals surface area contributed by atoms with Crippen LogP contribution in [0.1, 0.15) is 0 Å². The van der Waals surface area contributed by atoms with Gasteiger partial charge in [-0.3, -0.25) is 0 Å². The van der Waals surface area contributed by atoms with Crippen LogP contribution in [0.5, 0.6) is 0 Å². The molecular formula is C12H8N3O. The highest BCUT2D eigenvalue weighted by atomic mass is 16.5. The van der Waals surface area contributed by atoms with E-state index in [0.717, 1.165) is 11.3 Å². The molecule has 0 aliphatic heterocycles. The van der Waals surface area contributed by atoms with Gasteiger partial charge in [0.05, 0.1) is 6.20 Å². The molecule has 1 aromatic carbocycles. The fourth-order valence-corrected chi connectivity index (χ4v) is 1.47. The monoisotopic (exact) mass is 210 g/mol. The summed E-state index contributed by atoms with van der Waals surface area (Å²) in [4.78, 5) is 0. The maximum Gasteiger partial charge on any atom is 0.197 e. The molecule has 0 spiro atoms. The predicted molar refractivity (Wildman–Crippen MR) is 57.9 cm³/mol. The third-order valence-corrected chi connectivity index (χ3v) is 2.24. The lowest BCUT2D eigenvalue weighted by Gasteiger charge is -1.91. The van der Waals surface area contributed by atoms with Gasteiger partial charge < -0.3 is 4.52 Å². The van der Waals surface area contributed by atoms with Crippen molar-refractivity contribution in [2.24, 2.45) is 0 Å². The van der Waals surface area contributed by atoms with Gasteiger partial charge in [-0.05, 0) is 0 Å². The van der Waals surface area contributed by atoms with E-state index in [4.69, 9.17) is 4.52 Å². The van der Waals surface area contributed by atoms with Crippen LogP contribution in [0.25, 0.3) is 17.1 Å². The highest BCUT2D eigenvalue weighted by molar-refractivity contribution is 5.58. The Morgan fingerprint density at radius 1 is 1.19 bits per heavy atom. The molecule has 0 saturated heterocycles. The summed E-state index contributed by atoms with van der Waals surface area (Å²) >= 11 is 0. The Kier molecular flexibility index (Phi) is 2.04. The van der Waals surface area contributed by atoms with Crippen molar-refractivity contribution in [2.75, 3.05) is 0 Å². The van der Waals surface area contributed by atoms with E-state index in [1.165, 1.54) is 0 Å². The molecule has 77 valence electrons. The second-order valence-electron chi connectivity index (χ2n) is 3.30. The zero-order valence-electron chi connectivity index (χ0n) is 8.37. The zero-order chi connectivity index (χ0) is 10.8. The molecule has 0 aliphatic carbocycles. The van der Waals surface area contributed by atoms with Gasteiger partial charge in [-0.15, -0.1) is 0 Å². The van der Waals surface area contributed by atoms with E-state index in [9.17, 15) is 0 Å². The van der Waals surface area contributed by atoms with Crippen molar-refractivity contribution >= 4 is 0 Å². The van der Waals surface area contributed by atoms with Gasteiger partial charge in [-0.1, -0.05) is 35.5 Å². The van der Waals surface area contributed by atoms with Gasteiger partial charge in [-0.2, -0.15) is 5.10 Å². The van der Waals surface area contributed by atoms with Gasteiger partial charge >= 0.3 is 0 Å². The van der Waals surface area contributed by atoms with Crippen molar-refractivity contribution in [3.05, 3.63) is 54.9 Å². The summed E-state index contributed by atoms with van der Waals surface area (Å²) in [7, 11) is 0. The Balaban J connectivity index is 2.00. The summed E-state index contributed by atoms with van der Waals surface area (Å²) in [6.07, 6.45) is 3.28. The van der Waals surface area contributed by atoms with Gasteiger partial charge in [0.2, 0.25) is 0 Å². The largest absolute Gasteiger partial charge is 0.354 e. The first-order chi connectivity index (χ1) is 7.93. The lowest BCUT2D eigenvalue weighted by Crippen LogP contribution is -1.92. The molecule has 0 N–H and O–H groups in total. The number of nitrogens with zero attached hydrogens (tertiary/aromatic N) is 3. The molecule has 3 rings (SSSR count). The third-order valence-electron chi connectivity index (χ3n) is 2.24. The highest BCUT2D eigenvalue weighted by Crippen LogP contribution is 2.20. The van der Waals surface area contributed by atoms with E-state index in [0.29, 0.717) is 5.82 Å². The minimum absolute atomic E-state index is 0.653. The molecule has 0 unspecified atom stereocenters. The third kappa shape index (κ3) is 1.50. The zero-order valence-corrected chi connectivity index (χ0v) is 8.37. The van der Waals surface area contributed by atoms with Crippen molar-refractivity contribution in [1.82, 2.24) is 14.9 Å². The number of hydrogen-bond donors (Lipinski definition) is 0. The number of rotatable bonds is 2. The maximum absolute atomic E-state index is 5.25. The second-order valence-corrected chi connectivity index (χ2v) is 3.30. The molecule has 0 aliphatic rings. The number of hydrogen-bond acceptors (Lipinski definition) is 3. The Hall–Kier alpha value is -2.36. The summed E-state index contributed by atoms with van der Waals surface area (Å²) < 4.78 is 6.86. The summed E-state index contributed by atoms with van der Waals surface area (Å²) in [6, 6.07) is 14.5. The Bertz CT molecular complexity index is 569. The average Bonchev–Trinajstić information content (AvgIpc) is 3.01. The van der Waals surface area contributed by atoms with E-state index < -0.39 is 0 Å². The van der Waals surface area contributed by atoms with E-state index in [-0.39, 0.29) is 0 Å². The molecule has 0 saturated carbocycles. The number of aromatic nitrogens is 3. The first-order valence-electron chi connectivity index (χ1n) is 4.87. The molecule has 0 fully saturated rings. The Morgan fingerprint density at radius 3 is 2.81 bits per heavy atom. The molecule has 2 heterocycles. The summed E-state index contributed by atoms with van der Waals surface area (Å²) in [5.41, 5.74) is 0.998. The van der Waals surface area contributed by atoms with Gasteiger partial charge in [-0.25, -0.2) is 4.68 Å². The lowest BCUT2D eigenvalue weighted by molar-refractivity contribution is 0.427. The second kappa shape index (κ2) is 3.66. The first kappa shape index (κ1) is 8.91. The standard InChI is InChI=1S/C12H8N3O/c1-2-5-10(6-3-1)11-9-12(14-16-11)15-8-4-7-13-15/h1-3,5-9H. The fourth-order valence-electron chi connectivity index (χ4n) is 1.47. The quantitative estimate of drug-likeness (QED) is 0.652. The van der Waals surface area contributed by atoms with Crippen LogP contribution < -0.4 is 0 Å². The van der Waals surface area contributed by atoms with Crippen molar-refractivity contribution < 1.29 is 4.52 Å². The van der Waals surface area contributed by atoms with Gasteiger partial charge in [0.1, 0.15) is 0 Å². The van der Waals surface area contributed by atoms with Crippen LogP contribution in [-0.4, -0.2) is 14.9 Å². The van der Waals surface area contributed by atoms with Crippen LogP contribution in [0.2, 0.25) is 0 Å². The molecule has 2 aromatic heterocycles. The lowest BCUT2D eigenvalue weighted by atomic mass is 10.2. The van der Waals surface area contributed by atoms with Crippen molar-refractivity contribution in [1.29, 1.82) is 0 Å². The minimum Gasteiger partial charge on any atom is -0.354 e. The summed E-state index contributed by atoms with van der Waals surface area (Å²) in [5.74, 6) is 1.38. The molecule has 0 amide bonds. The molecule has 1 radical (unpaired) electrons. The molecule has 0 atom stereocenters. The molecule has 4 heteroatoms. The minimum atomic E-state index is 0.653. The summed E-state index contributed by atoms with van der Waals surface area (Å²) in [6.45, 7) is 0. The topological polar surface area (TPSA) is 43.9 Å². The van der Waals surface area contributed by atoms with Crippen LogP contribution >= 0.6 is 0 Å². The van der Waals surface area contributed by atoms with E-state index in [2.05, 4.69) is 16.3 Å². The number of benzene rings is 1. The van der Waals surface area contributed by atoms with Crippen LogP contribution in [0.3, 0.4) is 0 Å². The maximum atomic E-state index is 5.25. The van der Waals surface area contributed by atoms with Crippen molar-refractivity contribution in [3.8, 4) is 17.1 Å². The van der Waals surface area contributed by atoms with Gasteiger partial charge in [0.25, 0.3) is 0 Å². The highest BCUT2D eigenvalue weighted by Gasteiger charge is 2.07. The molecule has 4 nitrogen and oxygen atoms in total. The smallest absolute Gasteiger partial charge is 0.197 e. The van der Waals surface area contributed by atoms with E-state index in [1.807, 2.05) is 36.4 Å². The SMILES string of the molecule is [c]1cnn(-c2cc(-c3ccccc3)on2)c1. The van der Waals surface area contributed by atoms with Crippen LogP contribution in [0.15, 0.2) is 53.3 Å². The van der Waals surface area contributed by atoms with Crippen LogP contribution in [0.4, 0.5) is 0 Å². The average molecular weight is 210 g/mol. The molecule has 0 bridgehead atoms. The fraction of sp³-hybridized carbons (Fsp3) is 0. The van der Waals surface area contributed by atoms with Gasteiger partial charge in [0.15, 0.2) is 11.6 Å². The van der Waals surface area contributed by atoms with E-state index in [1.54, 1.807) is 17.1 Å². The predicted octanol–water partition coefficient (Wildman–Crippen LogP) is 2.33. The Morgan fingerprint density at radius 2 is 2.06 bits per heavy atom. The molecule has 16 heavy (non-hydrogen) atoms. The van der Waals surface area contributed by atoms with Crippen LogP contribution in [-0.2, 0) is 0 Å². The van der Waals surface area contributed by atoms with Crippen molar-refractivity contribution in [3.63, 3.8) is 0 Å². The molecule has 3 aromatic rings. The van der Waals surface area contributed by atoms with Crippen molar-refractivity contribution in [2.45, 2.75) is 0 Å².